The van der Waals surface area contributed by atoms with Crippen LogP contribution in [0, 0.1) is 0 Å². The lowest BCUT2D eigenvalue weighted by Gasteiger charge is -2.23. The summed E-state index contributed by atoms with van der Waals surface area (Å²) in [4.78, 5) is 7.76. The third-order valence-corrected chi connectivity index (χ3v) is 3.39. The van der Waals surface area contributed by atoms with Gasteiger partial charge in [0.25, 0.3) is 0 Å². The molecule has 0 unspecified atom stereocenters. The van der Waals surface area contributed by atoms with Crippen molar-refractivity contribution in [1.82, 2.24) is 9.97 Å². The van der Waals surface area contributed by atoms with E-state index in [0.717, 1.165) is 29.9 Å². The van der Waals surface area contributed by atoms with E-state index >= 15 is 0 Å². The van der Waals surface area contributed by atoms with Gasteiger partial charge in [-0.3, -0.25) is 0 Å². The zero-order chi connectivity index (χ0) is 12.3. The number of benzene rings is 1. The molecule has 90 valence electrons. The number of imidazole rings is 1. The van der Waals surface area contributed by atoms with Crippen LogP contribution in [-0.2, 0) is 5.54 Å². The van der Waals surface area contributed by atoms with Crippen LogP contribution >= 0.6 is 0 Å². The largest absolute Gasteiger partial charge is 0.340 e. The Morgan fingerprint density at radius 1 is 1.18 bits per heavy atom. The fourth-order valence-electron chi connectivity index (χ4n) is 1.92. The molecule has 2 aromatic rings. The predicted molar refractivity (Wildman–Crippen MR) is 70.5 cm³/mol. The zero-order valence-electron chi connectivity index (χ0n) is 10.4. The lowest BCUT2D eigenvalue weighted by atomic mass is 9.93. The summed E-state index contributed by atoms with van der Waals surface area (Å²) < 4.78 is 0. The lowest BCUT2D eigenvalue weighted by molar-refractivity contribution is 0.391. The number of H-pyrrole nitrogens is 1. The number of nitrogens with one attached hydrogen (secondary N) is 1. The van der Waals surface area contributed by atoms with Crippen LogP contribution in [0.25, 0.3) is 11.3 Å². The molecule has 1 aromatic heterocycles. The van der Waals surface area contributed by atoms with Gasteiger partial charge in [0.05, 0.1) is 17.4 Å². The van der Waals surface area contributed by atoms with E-state index in [1.165, 1.54) is 0 Å². The van der Waals surface area contributed by atoms with Gasteiger partial charge in [-0.25, -0.2) is 4.98 Å². The molecule has 0 aliphatic heterocycles. The Kier molecular flexibility index (Phi) is 3.29. The Bertz CT molecular complexity index is 469. The molecule has 0 radical (unpaired) electrons. The third kappa shape index (κ3) is 2.24. The van der Waals surface area contributed by atoms with Gasteiger partial charge in [-0.05, 0) is 18.4 Å². The number of rotatable bonds is 4. The summed E-state index contributed by atoms with van der Waals surface area (Å²) in [5.74, 6) is 0.876. The second-order valence-electron chi connectivity index (χ2n) is 4.37. The van der Waals surface area contributed by atoms with Crippen molar-refractivity contribution in [3.05, 3.63) is 42.4 Å². The van der Waals surface area contributed by atoms with E-state index in [4.69, 9.17) is 5.73 Å². The molecule has 0 aliphatic rings. The van der Waals surface area contributed by atoms with Crippen LogP contribution in [-0.4, -0.2) is 9.97 Å². The van der Waals surface area contributed by atoms with E-state index in [2.05, 4.69) is 35.9 Å². The van der Waals surface area contributed by atoms with Crippen molar-refractivity contribution in [2.24, 2.45) is 5.73 Å². The summed E-state index contributed by atoms with van der Waals surface area (Å²) in [5, 5.41) is 0. The SMILES string of the molecule is CCC(N)(CC)c1ncc(-c2ccccc2)[nH]1. The first-order chi connectivity index (χ1) is 8.19. The molecule has 3 heteroatoms. The first-order valence-electron chi connectivity index (χ1n) is 6.09. The highest BCUT2D eigenvalue weighted by atomic mass is 15.0. The van der Waals surface area contributed by atoms with Gasteiger partial charge in [0, 0.05) is 0 Å². The van der Waals surface area contributed by atoms with Crippen molar-refractivity contribution in [3.8, 4) is 11.3 Å². The Morgan fingerprint density at radius 3 is 2.41 bits per heavy atom. The van der Waals surface area contributed by atoms with Crippen LogP contribution in [0.2, 0.25) is 0 Å². The van der Waals surface area contributed by atoms with Gasteiger partial charge in [-0.1, -0.05) is 44.2 Å². The Balaban J connectivity index is 2.34. The molecule has 0 atom stereocenters. The molecule has 0 fully saturated rings. The molecule has 2 rings (SSSR count). The summed E-state index contributed by atoms with van der Waals surface area (Å²) in [6.07, 6.45) is 3.62. The maximum Gasteiger partial charge on any atom is 0.126 e. The fraction of sp³-hybridized carbons (Fsp3) is 0.357. The number of aromatic amines is 1. The van der Waals surface area contributed by atoms with Gasteiger partial charge in [0.15, 0.2) is 0 Å². The summed E-state index contributed by atoms with van der Waals surface area (Å²) in [6, 6.07) is 10.2. The third-order valence-electron chi connectivity index (χ3n) is 3.39. The monoisotopic (exact) mass is 229 g/mol. The zero-order valence-corrected chi connectivity index (χ0v) is 10.4. The van der Waals surface area contributed by atoms with Crippen LogP contribution in [0.4, 0.5) is 0 Å². The van der Waals surface area contributed by atoms with E-state index < -0.39 is 0 Å². The molecule has 0 aliphatic carbocycles. The average Bonchev–Trinajstić information content (AvgIpc) is 2.89. The highest BCUT2D eigenvalue weighted by Crippen LogP contribution is 2.25. The van der Waals surface area contributed by atoms with Crippen molar-refractivity contribution in [3.63, 3.8) is 0 Å². The predicted octanol–water partition coefficient (Wildman–Crippen LogP) is 3.05. The van der Waals surface area contributed by atoms with E-state index in [0.29, 0.717) is 0 Å². The number of nitrogens with two attached hydrogens (primary N) is 1. The molecule has 0 saturated heterocycles. The second-order valence-corrected chi connectivity index (χ2v) is 4.37. The molecule has 0 saturated carbocycles. The van der Waals surface area contributed by atoms with Crippen molar-refractivity contribution in [1.29, 1.82) is 0 Å². The highest BCUT2D eigenvalue weighted by Gasteiger charge is 2.26. The smallest absolute Gasteiger partial charge is 0.126 e. The minimum Gasteiger partial charge on any atom is -0.340 e. The molecule has 1 heterocycles. The number of nitrogens with zero attached hydrogens (tertiary/aromatic N) is 1. The number of hydrogen-bond acceptors (Lipinski definition) is 2. The van der Waals surface area contributed by atoms with Crippen LogP contribution < -0.4 is 5.73 Å². The first kappa shape index (κ1) is 11.9. The van der Waals surface area contributed by atoms with Crippen molar-refractivity contribution < 1.29 is 0 Å². The topological polar surface area (TPSA) is 54.7 Å². The lowest BCUT2D eigenvalue weighted by Crippen LogP contribution is -2.36. The summed E-state index contributed by atoms with van der Waals surface area (Å²) >= 11 is 0. The average molecular weight is 229 g/mol. The minimum absolute atomic E-state index is 0.340. The van der Waals surface area contributed by atoms with Gasteiger partial charge >= 0.3 is 0 Å². The highest BCUT2D eigenvalue weighted by molar-refractivity contribution is 5.58. The molecule has 3 nitrogen and oxygen atoms in total. The Hall–Kier alpha value is -1.61. The van der Waals surface area contributed by atoms with Gasteiger partial charge < -0.3 is 10.7 Å². The van der Waals surface area contributed by atoms with Crippen molar-refractivity contribution >= 4 is 0 Å². The van der Waals surface area contributed by atoms with Crippen LogP contribution in [0.5, 0.6) is 0 Å². The fourth-order valence-corrected chi connectivity index (χ4v) is 1.92. The summed E-state index contributed by atoms with van der Waals surface area (Å²) in [5.41, 5.74) is 8.14. The Morgan fingerprint density at radius 2 is 1.82 bits per heavy atom. The molecule has 1 aromatic carbocycles. The molecule has 0 bridgehead atoms. The van der Waals surface area contributed by atoms with Crippen molar-refractivity contribution in [2.75, 3.05) is 0 Å². The first-order valence-corrected chi connectivity index (χ1v) is 6.09. The summed E-state index contributed by atoms with van der Waals surface area (Å²) in [7, 11) is 0. The van der Waals surface area contributed by atoms with Crippen LogP contribution in [0.15, 0.2) is 36.5 Å². The normalized spacial score (nSPS) is 11.7. The van der Waals surface area contributed by atoms with Crippen molar-refractivity contribution in [2.45, 2.75) is 32.2 Å². The van der Waals surface area contributed by atoms with Crippen LogP contribution in [0.1, 0.15) is 32.5 Å². The molecule has 3 N–H and O–H groups in total. The number of hydrogen-bond donors (Lipinski definition) is 2. The molecule has 0 spiro atoms. The van der Waals surface area contributed by atoms with Gasteiger partial charge in [0.2, 0.25) is 0 Å². The molecular weight excluding hydrogens is 210 g/mol. The maximum atomic E-state index is 6.32. The Labute approximate surface area is 102 Å². The molecule has 17 heavy (non-hydrogen) atoms. The quantitative estimate of drug-likeness (QED) is 0.846. The van der Waals surface area contributed by atoms with Gasteiger partial charge in [-0.2, -0.15) is 0 Å². The van der Waals surface area contributed by atoms with E-state index in [1.54, 1.807) is 0 Å². The van der Waals surface area contributed by atoms with E-state index in [-0.39, 0.29) is 5.54 Å². The second kappa shape index (κ2) is 4.72. The standard InChI is InChI=1S/C14H19N3/c1-3-14(15,4-2)13-16-10-12(17-13)11-8-6-5-7-9-11/h5-10H,3-4,15H2,1-2H3,(H,16,17). The van der Waals surface area contributed by atoms with E-state index in [1.807, 2.05) is 24.4 Å². The van der Waals surface area contributed by atoms with E-state index in [9.17, 15) is 0 Å². The maximum absolute atomic E-state index is 6.32. The van der Waals surface area contributed by atoms with Crippen LogP contribution in [0.3, 0.4) is 0 Å². The minimum atomic E-state index is -0.340. The summed E-state index contributed by atoms with van der Waals surface area (Å²) in [6.45, 7) is 4.18. The van der Waals surface area contributed by atoms with Gasteiger partial charge in [0.1, 0.15) is 5.82 Å². The molecular formula is C14H19N3. The number of aromatic nitrogens is 2. The molecule has 0 amide bonds. The van der Waals surface area contributed by atoms with Gasteiger partial charge in [-0.15, -0.1) is 0 Å².